The summed E-state index contributed by atoms with van der Waals surface area (Å²) >= 11 is 0. The molecule has 2 atom stereocenters. The number of aliphatic hydroxyl groups excluding tert-OH is 1. The average Bonchev–Trinajstić information content (AvgIpc) is 2.74. The van der Waals surface area contributed by atoms with E-state index in [9.17, 15) is 5.11 Å². The summed E-state index contributed by atoms with van der Waals surface area (Å²) in [6.07, 6.45) is 6.98. The third-order valence-electron chi connectivity index (χ3n) is 3.78. The molecule has 4 heteroatoms. The van der Waals surface area contributed by atoms with Gasteiger partial charge in [-0.3, -0.25) is 4.68 Å². The normalized spacial score (nSPS) is 26.3. The summed E-state index contributed by atoms with van der Waals surface area (Å²) in [5, 5.41) is 14.0. The van der Waals surface area contributed by atoms with Gasteiger partial charge < -0.3 is 10.0 Å². The SMILES string of the molecule is CCC1CN(CCc2cnn(C)c2)CCC1O. The van der Waals surface area contributed by atoms with Crippen molar-refractivity contribution in [1.29, 1.82) is 0 Å². The van der Waals surface area contributed by atoms with Gasteiger partial charge in [0.05, 0.1) is 12.3 Å². The molecule has 2 heterocycles. The van der Waals surface area contributed by atoms with Gasteiger partial charge in [-0.15, -0.1) is 0 Å². The largest absolute Gasteiger partial charge is 0.393 e. The molecule has 1 saturated heterocycles. The van der Waals surface area contributed by atoms with E-state index in [4.69, 9.17) is 0 Å². The highest BCUT2D eigenvalue weighted by molar-refractivity contribution is 5.04. The molecule has 1 aliphatic rings. The van der Waals surface area contributed by atoms with Gasteiger partial charge in [-0.1, -0.05) is 6.92 Å². The summed E-state index contributed by atoms with van der Waals surface area (Å²) in [5.41, 5.74) is 1.30. The molecular formula is C13H23N3O. The summed E-state index contributed by atoms with van der Waals surface area (Å²) < 4.78 is 1.85. The van der Waals surface area contributed by atoms with Crippen LogP contribution in [0, 0.1) is 5.92 Å². The molecule has 0 aliphatic carbocycles. The van der Waals surface area contributed by atoms with Gasteiger partial charge >= 0.3 is 0 Å². The maximum Gasteiger partial charge on any atom is 0.0592 e. The van der Waals surface area contributed by atoms with Crippen molar-refractivity contribution in [1.82, 2.24) is 14.7 Å². The van der Waals surface area contributed by atoms with Gasteiger partial charge in [0, 0.05) is 32.9 Å². The molecule has 96 valence electrons. The predicted molar refractivity (Wildman–Crippen MR) is 67.8 cm³/mol. The number of hydrogen-bond acceptors (Lipinski definition) is 3. The molecule has 1 fully saturated rings. The van der Waals surface area contributed by atoms with E-state index in [2.05, 4.69) is 23.1 Å². The molecule has 0 radical (unpaired) electrons. The molecule has 0 amide bonds. The van der Waals surface area contributed by atoms with Gasteiger partial charge in [-0.05, 0) is 30.7 Å². The minimum atomic E-state index is -0.0883. The fourth-order valence-electron chi connectivity index (χ4n) is 2.59. The molecule has 4 nitrogen and oxygen atoms in total. The molecule has 2 unspecified atom stereocenters. The zero-order valence-corrected chi connectivity index (χ0v) is 10.8. The first-order valence-electron chi connectivity index (χ1n) is 6.57. The van der Waals surface area contributed by atoms with Gasteiger partial charge in [0.1, 0.15) is 0 Å². The zero-order valence-electron chi connectivity index (χ0n) is 10.8. The number of aromatic nitrogens is 2. The van der Waals surface area contributed by atoms with Crippen molar-refractivity contribution >= 4 is 0 Å². The third kappa shape index (κ3) is 3.30. The van der Waals surface area contributed by atoms with E-state index >= 15 is 0 Å². The van der Waals surface area contributed by atoms with Crippen LogP contribution in [0.5, 0.6) is 0 Å². The van der Waals surface area contributed by atoms with E-state index in [1.807, 2.05) is 17.9 Å². The highest BCUT2D eigenvalue weighted by Gasteiger charge is 2.25. The standard InChI is InChI=1S/C13H23N3O/c1-3-12-10-16(7-5-13(12)17)6-4-11-8-14-15(2)9-11/h8-9,12-13,17H,3-7,10H2,1-2H3. The van der Waals surface area contributed by atoms with E-state index < -0.39 is 0 Å². The minimum absolute atomic E-state index is 0.0883. The van der Waals surface area contributed by atoms with Crippen LogP contribution in [0.2, 0.25) is 0 Å². The summed E-state index contributed by atoms with van der Waals surface area (Å²) in [6, 6.07) is 0. The summed E-state index contributed by atoms with van der Waals surface area (Å²) in [7, 11) is 1.95. The van der Waals surface area contributed by atoms with Crippen LogP contribution >= 0.6 is 0 Å². The van der Waals surface area contributed by atoms with E-state index in [0.717, 1.165) is 38.9 Å². The van der Waals surface area contributed by atoms with Crippen molar-refractivity contribution in [3.63, 3.8) is 0 Å². The fourth-order valence-corrected chi connectivity index (χ4v) is 2.59. The summed E-state index contributed by atoms with van der Waals surface area (Å²) in [5.74, 6) is 0.456. The Labute approximate surface area is 103 Å². The van der Waals surface area contributed by atoms with Crippen molar-refractivity contribution in [2.45, 2.75) is 32.3 Å². The Bertz CT molecular complexity index is 350. The lowest BCUT2D eigenvalue weighted by Crippen LogP contribution is -2.43. The Hall–Kier alpha value is -0.870. The molecule has 1 N–H and O–H groups in total. The quantitative estimate of drug-likeness (QED) is 0.851. The van der Waals surface area contributed by atoms with Crippen LogP contribution in [0.1, 0.15) is 25.3 Å². The predicted octanol–water partition coefficient (Wildman–Crippen LogP) is 1.06. The maximum atomic E-state index is 9.84. The number of hydrogen-bond donors (Lipinski definition) is 1. The first kappa shape index (κ1) is 12.6. The number of rotatable bonds is 4. The van der Waals surface area contributed by atoms with Crippen LogP contribution in [0.4, 0.5) is 0 Å². The van der Waals surface area contributed by atoms with Crippen molar-refractivity contribution < 1.29 is 5.11 Å². The van der Waals surface area contributed by atoms with Crippen LogP contribution in [0.3, 0.4) is 0 Å². The smallest absolute Gasteiger partial charge is 0.0592 e. The number of nitrogens with zero attached hydrogens (tertiary/aromatic N) is 3. The number of aliphatic hydroxyl groups is 1. The first-order chi connectivity index (χ1) is 8.19. The van der Waals surface area contributed by atoms with E-state index in [0.29, 0.717) is 5.92 Å². The molecular weight excluding hydrogens is 214 g/mol. The van der Waals surface area contributed by atoms with E-state index in [-0.39, 0.29) is 6.10 Å². The summed E-state index contributed by atoms with van der Waals surface area (Å²) in [6.45, 7) is 5.31. The lowest BCUT2D eigenvalue weighted by atomic mass is 9.92. The van der Waals surface area contributed by atoms with Gasteiger partial charge in [0.15, 0.2) is 0 Å². The Morgan fingerprint density at radius 1 is 1.53 bits per heavy atom. The molecule has 0 saturated carbocycles. The second-order valence-electron chi connectivity index (χ2n) is 5.10. The number of likely N-dealkylation sites (tertiary alicyclic amines) is 1. The van der Waals surface area contributed by atoms with Crippen LogP contribution < -0.4 is 0 Å². The monoisotopic (exact) mass is 237 g/mol. The second-order valence-corrected chi connectivity index (χ2v) is 5.10. The van der Waals surface area contributed by atoms with Crippen LogP contribution in [-0.2, 0) is 13.5 Å². The first-order valence-corrected chi connectivity index (χ1v) is 6.57. The van der Waals surface area contributed by atoms with Crippen molar-refractivity contribution in [2.24, 2.45) is 13.0 Å². The van der Waals surface area contributed by atoms with Crippen LogP contribution in [0.25, 0.3) is 0 Å². The third-order valence-corrected chi connectivity index (χ3v) is 3.78. The second kappa shape index (κ2) is 5.65. The molecule has 2 rings (SSSR count). The Balaban J connectivity index is 1.80. The van der Waals surface area contributed by atoms with E-state index in [1.165, 1.54) is 5.56 Å². The Morgan fingerprint density at radius 3 is 3.00 bits per heavy atom. The molecule has 1 aromatic heterocycles. The highest BCUT2D eigenvalue weighted by atomic mass is 16.3. The lowest BCUT2D eigenvalue weighted by Gasteiger charge is -2.35. The topological polar surface area (TPSA) is 41.3 Å². The van der Waals surface area contributed by atoms with Gasteiger partial charge in [0.25, 0.3) is 0 Å². The molecule has 17 heavy (non-hydrogen) atoms. The van der Waals surface area contributed by atoms with Gasteiger partial charge in [-0.25, -0.2) is 0 Å². The van der Waals surface area contributed by atoms with Crippen molar-refractivity contribution in [3.8, 4) is 0 Å². The summed E-state index contributed by atoms with van der Waals surface area (Å²) in [4.78, 5) is 2.47. The van der Waals surface area contributed by atoms with Gasteiger partial charge in [0.2, 0.25) is 0 Å². The van der Waals surface area contributed by atoms with Gasteiger partial charge in [-0.2, -0.15) is 5.10 Å². The number of aryl methyl sites for hydroxylation is 1. The fraction of sp³-hybridized carbons (Fsp3) is 0.769. The minimum Gasteiger partial charge on any atom is -0.393 e. The molecule has 0 spiro atoms. The lowest BCUT2D eigenvalue weighted by molar-refractivity contribution is 0.0256. The zero-order chi connectivity index (χ0) is 12.3. The number of piperidine rings is 1. The van der Waals surface area contributed by atoms with Crippen molar-refractivity contribution in [2.75, 3.05) is 19.6 Å². The molecule has 0 aromatic carbocycles. The Kier molecular flexibility index (Phi) is 4.18. The molecule has 0 bridgehead atoms. The van der Waals surface area contributed by atoms with Crippen LogP contribution in [0.15, 0.2) is 12.4 Å². The van der Waals surface area contributed by atoms with Crippen LogP contribution in [-0.4, -0.2) is 45.5 Å². The molecule has 1 aliphatic heterocycles. The maximum absolute atomic E-state index is 9.84. The van der Waals surface area contributed by atoms with E-state index in [1.54, 1.807) is 0 Å². The molecule has 1 aromatic rings. The highest BCUT2D eigenvalue weighted by Crippen LogP contribution is 2.20. The average molecular weight is 237 g/mol. The van der Waals surface area contributed by atoms with Crippen molar-refractivity contribution in [3.05, 3.63) is 18.0 Å². The Morgan fingerprint density at radius 2 is 2.35 bits per heavy atom.